The Kier molecular flexibility index (Phi) is 5.72. The molecule has 2 aliphatic rings. The van der Waals surface area contributed by atoms with Crippen molar-refractivity contribution in [3.8, 4) is 0 Å². The fourth-order valence-corrected chi connectivity index (χ4v) is 5.20. The first kappa shape index (κ1) is 21.5. The molecule has 1 aliphatic heterocycles. The lowest BCUT2D eigenvalue weighted by Crippen LogP contribution is -2.28. The van der Waals surface area contributed by atoms with Crippen LogP contribution in [0.2, 0.25) is 0 Å². The summed E-state index contributed by atoms with van der Waals surface area (Å²) >= 11 is 0. The summed E-state index contributed by atoms with van der Waals surface area (Å²) in [6, 6.07) is 8.12. The average molecular weight is 444 g/mol. The van der Waals surface area contributed by atoms with Gasteiger partial charge in [-0.05, 0) is 61.3 Å². The van der Waals surface area contributed by atoms with Crippen LogP contribution in [0.15, 0.2) is 42.7 Å². The van der Waals surface area contributed by atoms with Gasteiger partial charge in [0, 0.05) is 48.5 Å². The first-order valence-electron chi connectivity index (χ1n) is 11.4. The Balaban J connectivity index is 1.58. The van der Waals surface area contributed by atoms with Crippen molar-refractivity contribution in [3.63, 3.8) is 0 Å². The fraction of sp³-hybridized carbons (Fsp3) is 0.480. The lowest BCUT2D eigenvalue weighted by atomic mass is 10.0. The fourth-order valence-electron chi connectivity index (χ4n) is 5.20. The average Bonchev–Trinajstić information content (AvgIpc) is 3.39. The van der Waals surface area contributed by atoms with Crippen LogP contribution >= 0.6 is 0 Å². The Hall–Kier alpha value is -2.38. The number of hydrogen-bond acceptors (Lipinski definition) is 3. The molecule has 1 atom stereocenters. The maximum Gasteiger partial charge on any atom is 0.416 e. The molecule has 5 rings (SSSR count). The summed E-state index contributed by atoms with van der Waals surface area (Å²) in [4.78, 5) is 6.31. The summed E-state index contributed by atoms with van der Waals surface area (Å²) in [7, 11) is 2.02. The third kappa shape index (κ3) is 4.16. The molecular weight excluding hydrogens is 415 g/mol. The van der Waals surface area contributed by atoms with Gasteiger partial charge in [0.1, 0.15) is 6.10 Å². The van der Waals surface area contributed by atoms with E-state index >= 15 is 0 Å². The first-order chi connectivity index (χ1) is 15.4. The van der Waals surface area contributed by atoms with Crippen molar-refractivity contribution < 1.29 is 17.9 Å². The van der Waals surface area contributed by atoms with E-state index in [2.05, 4.69) is 14.5 Å². The molecule has 170 valence electrons. The maximum atomic E-state index is 13.4. The summed E-state index contributed by atoms with van der Waals surface area (Å²) < 4.78 is 49.1. The number of rotatable bonds is 5. The van der Waals surface area contributed by atoms with Crippen LogP contribution in [-0.4, -0.2) is 34.1 Å². The second kappa shape index (κ2) is 8.52. The van der Waals surface area contributed by atoms with Gasteiger partial charge in [-0.1, -0.05) is 12.8 Å². The van der Waals surface area contributed by atoms with E-state index in [-0.39, 0.29) is 12.2 Å². The van der Waals surface area contributed by atoms with Crippen LogP contribution in [-0.2, 0) is 30.4 Å². The van der Waals surface area contributed by atoms with E-state index in [0.717, 1.165) is 48.1 Å². The van der Waals surface area contributed by atoms with E-state index in [1.165, 1.54) is 25.0 Å². The zero-order valence-electron chi connectivity index (χ0n) is 18.2. The zero-order chi connectivity index (χ0) is 22.3. The number of likely N-dealkylation sites (N-methyl/N-ethyl adjacent to an activating group) is 1. The molecule has 1 aromatic carbocycles. The molecule has 1 saturated carbocycles. The molecule has 0 N–H and O–H groups in total. The minimum absolute atomic E-state index is 0.164. The molecule has 0 unspecified atom stereocenters. The van der Waals surface area contributed by atoms with E-state index in [0.29, 0.717) is 18.5 Å². The molecule has 32 heavy (non-hydrogen) atoms. The van der Waals surface area contributed by atoms with Gasteiger partial charge in [-0.25, -0.2) is 0 Å². The highest BCUT2D eigenvalue weighted by Gasteiger charge is 2.33. The van der Waals surface area contributed by atoms with Crippen LogP contribution in [0.1, 0.15) is 54.2 Å². The number of aromatic nitrogens is 2. The smallest absolute Gasteiger partial charge is 0.368 e. The third-order valence-corrected chi connectivity index (χ3v) is 6.86. The summed E-state index contributed by atoms with van der Waals surface area (Å²) in [5.74, 6) is 0. The monoisotopic (exact) mass is 443 g/mol. The number of ether oxygens (including phenoxy) is 1. The second-order valence-electron chi connectivity index (χ2n) is 9.07. The summed E-state index contributed by atoms with van der Waals surface area (Å²) in [6.45, 7) is 2.13. The van der Waals surface area contributed by atoms with Crippen molar-refractivity contribution in [1.82, 2.24) is 14.5 Å². The van der Waals surface area contributed by atoms with E-state index in [1.54, 1.807) is 18.5 Å². The van der Waals surface area contributed by atoms with Crippen LogP contribution in [0.5, 0.6) is 0 Å². The molecule has 2 aromatic heterocycles. The molecule has 0 amide bonds. The van der Waals surface area contributed by atoms with Gasteiger partial charge in [0.2, 0.25) is 0 Å². The zero-order valence-corrected chi connectivity index (χ0v) is 18.2. The number of fused-ring (bicyclic) bond motifs is 3. The largest absolute Gasteiger partial charge is 0.416 e. The molecule has 0 bridgehead atoms. The number of hydrogen-bond donors (Lipinski definition) is 0. The molecule has 1 aliphatic carbocycles. The molecule has 0 saturated heterocycles. The topological polar surface area (TPSA) is 30.3 Å². The lowest BCUT2D eigenvalue weighted by Gasteiger charge is -2.27. The maximum absolute atomic E-state index is 13.4. The van der Waals surface area contributed by atoms with Crippen LogP contribution in [0.3, 0.4) is 0 Å². The van der Waals surface area contributed by atoms with Gasteiger partial charge in [0.25, 0.3) is 0 Å². The van der Waals surface area contributed by atoms with Gasteiger partial charge < -0.3 is 14.2 Å². The molecule has 4 nitrogen and oxygen atoms in total. The first-order valence-corrected chi connectivity index (χ1v) is 11.4. The molecule has 0 spiro atoms. The Bertz CT molecular complexity index is 1090. The predicted molar refractivity (Wildman–Crippen MR) is 117 cm³/mol. The summed E-state index contributed by atoms with van der Waals surface area (Å²) in [5, 5.41) is 0.704. The number of alkyl halides is 3. The van der Waals surface area contributed by atoms with Gasteiger partial charge in [-0.2, -0.15) is 13.2 Å². The Morgan fingerprint density at radius 3 is 2.59 bits per heavy atom. The van der Waals surface area contributed by atoms with Gasteiger partial charge in [-0.3, -0.25) is 4.98 Å². The van der Waals surface area contributed by atoms with Crippen molar-refractivity contribution in [2.24, 2.45) is 0 Å². The van der Waals surface area contributed by atoms with Crippen molar-refractivity contribution in [1.29, 1.82) is 0 Å². The van der Waals surface area contributed by atoms with E-state index in [4.69, 9.17) is 4.74 Å². The Morgan fingerprint density at radius 1 is 1.12 bits per heavy atom. The van der Waals surface area contributed by atoms with Crippen molar-refractivity contribution in [2.45, 2.75) is 63.6 Å². The second-order valence-corrected chi connectivity index (χ2v) is 9.07. The molecule has 3 heterocycles. The molecule has 7 heteroatoms. The van der Waals surface area contributed by atoms with E-state index in [1.807, 2.05) is 19.2 Å². The van der Waals surface area contributed by atoms with E-state index in [9.17, 15) is 13.2 Å². The number of benzene rings is 1. The summed E-state index contributed by atoms with van der Waals surface area (Å²) in [6.07, 6.45) is 4.56. The van der Waals surface area contributed by atoms with Crippen LogP contribution in [0, 0.1) is 0 Å². The number of halogens is 3. The summed E-state index contributed by atoms with van der Waals surface area (Å²) in [5.41, 5.74) is 3.46. The van der Waals surface area contributed by atoms with Crippen molar-refractivity contribution in [3.05, 3.63) is 65.1 Å². The highest BCUT2D eigenvalue weighted by atomic mass is 19.4. The SMILES string of the molecule is CN1CCc2c(c3cc(C(F)(F)F)ccc3n2C[C@@H](OC2CCCC2)c2ccncc2)C1. The van der Waals surface area contributed by atoms with Gasteiger partial charge in [0.05, 0.1) is 18.2 Å². The third-order valence-electron chi connectivity index (χ3n) is 6.86. The van der Waals surface area contributed by atoms with Gasteiger partial charge in [-0.15, -0.1) is 0 Å². The van der Waals surface area contributed by atoms with Crippen LogP contribution < -0.4 is 0 Å². The van der Waals surface area contributed by atoms with Crippen LogP contribution in [0.4, 0.5) is 13.2 Å². The Morgan fingerprint density at radius 2 is 1.88 bits per heavy atom. The molecular formula is C25H28F3N3O. The molecule has 0 radical (unpaired) electrons. The minimum Gasteiger partial charge on any atom is -0.368 e. The lowest BCUT2D eigenvalue weighted by molar-refractivity contribution is -0.137. The predicted octanol–water partition coefficient (Wildman–Crippen LogP) is 5.74. The van der Waals surface area contributed by atoms with Gasteiger partial charge >= 0.3 is 6.18 Å². The standard InChI is InChI=1S/C25H28F3N3O/c1-30-13-10-23-21(15-30)20-14-18(25(26,27)28)6-7-22(20)31(23)16-24(17-8-11-29-12-9-17)32-19-4-2-3-5-19/h6-9,11-12,14,19,24H,2-5,10,13,15-16H2,1H3/t24-/m1/s1. The minimum atomic E-state index is -4.35. The van der Waals surface area contributed by atoms with E-state index < -0.39 is 11.7 Å². The van der Waals surface area contributed by atoms with Crippen molar-refractivity contribution >= 4 is 10.9 Å². The normalized spacial score (nSPS) is 18.9. The van der Waals surface area contributed by atoms with Gasteiger partial charge in [0.15, 0.2) is 0 Å². The molecule has 1 fully saturated rings. The quantitative estimate of drug-likeness (QED) is 0.504. The van der Waals surface area contributed by atoms with Crippen LogP contribution in [0.25, 0.3) is 10.9 Å². The van der Waals surface area contributed by atoms with Crippen molar-refractivity contribution in [2.75, 3.05) is 13.6 Å². The number of nitrogens with zero attached hydrogens (tertiary/aromatic N) is 3. The molecule has 3 aromatic rings. The highest BCUT2D eigenvalue weighted by Crippen LogP contribution is 2.38. The Labute approximate surface area is 186 Å². The highest BCUT2D eigenvalue weighted by molar-refractivity contribution is 5.86. The number of pyridine rings is 1.